The van der Waals surface area contributed by atoms with E-state index in [2.05, 4.69) is 16.6 Å². The predicted octanol–water partition coefficient (Wildman–Crippen LogP) is 4.44. The van der Waals surface area contributed by atoms with Gasteiger partial charge >= 0.3 is 0 Å². The van der Waals surface area contributed by atoms with E-state index in [9.17, 15) is 8.42 Å². The minimum Gasteiger partial charge on any atom is -0.255 e. The van der Waals surface area contributed by atoms with Crippen molar-refractivity contribution in [1.29, 1.82) is 0 Å². The topological polar surface area (TPSA) is 59.1 Å². The van der Waals surface area contributed by atoms with Gasteiger partial charge in [0.1, 0.15) is 0 Å². The number of thiazole rings is 1. The third kappa shape index (κ3) is 3.71. The SMILES string of the molecule is CCCCc1ccc(S(=O)(=O)Nc2nc3ccccc3s2)cc1. The maximum Gasteiger partial charge on any atom is 0.263 e. The molecule has 0 saturated heterocycles. The second-order valence-electron chi connectivity index (χ2n) is 5.34. The molecule has 0 amide bonds. The molecule has 0 bridgehead atoms. The first-order valence-corrected chi connectivity index (χ1v) is 9.86. The molecule has 0 aliphatic carbocycles. The van der Waals surface area contributed by atoms with Gasteiger partial charge in [-0.25, -0.2) is 13.4 Å². The summed E-state index contributed by atoms with van der Waals surface area (Å²) in [4.78, 5) is 4.57. The van der Waals surface area contributed by atoms with Gasteiger partial charge in [0.2, 0.25) is 0 Å². The largest absolute Gasteiger partial charge is 0.263 e. The number of nitrogens with zero attached hydrogens (tertiary/aromatic N) is 1. The van der Waals surface area contributed by atoms with Gasteiger partial charge < -0.3 is 0 Å². The number of sulfonamides is 1. The van der Waals surface area contributed by atoms with Crippen molar-refractivity contribution in [3.8, 4) is 0 Å². The smallest absolute Gasteiger partial charge is 0.255 e. The van der Waals surface area contributed by atoms with Crippen LogP contribution in [0.1, 0.15) is 25.3 Å². The van der Waals surface area contributed by atoms with Gasteiger partial charge in [-0.15, -0.1) is 0 Å². The van der Waals surface area contributed by atoms with Crippen molar-refractivity contribution in [3.63, 3.8) is 0 Å². The fourth-order valence-corrected chi connectivity index (χ4v) is 4.41. The van der Waals surface area contributed by atoms with E-state index in [4.69, 9.17) is 0 Å². The van der Waals surface area contributed by atoms with Gasteiger partial charge in [0.25, 0.3) is 10.0 Å². The first-order chi connectivity index (χ1) is 11.1. The lowest BCUT2D eigenvalue weighted by Crippen LogP contribution is -2.12. The van der Waals surface area contributed by atoms with Crippen LogP contribution in [0.2, 0.25) is 0 Å². The van der Waals surface area contributed by atoms with E-state index < -0.39 is 10.0 Å². The van der Waals surface area contributed by atoms with Crippen LogP contribution >= 0.6 is 11.3 Å². The second kappa shape index (κ2) is 6.68. The summed E-state index contributed by atoms with van der Waals surface area (Å²) in [5, 5.41) is 0.390. The highest BCUT2D eigenvalue weighted by molar-refractivity contribution is 7.93. The lowest BCUT2D eigenvalue weighted by Gasteiger charge is -2.06. The molecule has 3 aromatic rings. The van der Waals surface area contributed by atoms with Gasteiger partial charge in [-0.1, -0.05) is 48.9 Å². The number of benzene rings is 2. The monoisotopic (exact) mass is 346 g/mol. The van der Waals surface area contributed by atoms with Crippen LogP contribution in [0, 0.1) is 0 Å². The minimum absolute atomic E-state index is 0.261. The summed E-state index contributed by atoms with van der Waals surface area (Å²) in [5.74, 6) is 0. The van der Waals surface area contributed by atoms with Gasteiger partial charge in [0.05, 0.1) is 15.1 Å². The summed E-state index contributed by atoms with van der Waals surface area (Å²) in [7, 11) is -3.60. The summed E-state index contributed by atoms with van der Waals surface area (Å²) in [6.45, 7) is 2.14. The van der Waals surface area contributed by atoms with Gasteiger partial charge in [-0.3, -0.25) is 4.72 Å². The lowest BCUT2D eigenvalue weighted by atomic mass is 10.1. The molecular formula is C17H18N2O2S2. The predicted molar refractivity (Wildman–Crippen MR) is 95.5 cm³/mol. The van der Waals surface area contributed by atoms with Crippen molar-refractivity contribution >= 4 is 36.7 Å². The van der Waals surface area contributed by atoms with Crippen LogP contribution in [-0.2, 0) is 16.4 Å². The number of anilines is 1. The molecule has 0 spiro atoms. The molecule has 4 nitrogen and oxygen atoms in total. The third-order valence-corrected chi connectivity index (χ3v) is 6.00. The van der Waals surface area contributed by atoms with Crippen LogP contribution in [0.5, 0.6) is 0 Å². The molecule has 0 unspecified atom stereocenters. The Morgan fingerprint density at radius 2 is 1.83 bits per heavy atom. The van der Waals surface area contributed by atoms with Gasteiger partial charge in [0, 0.05) is 0 Å². The molecule has 120 valence electrons. The Balaban J connectivity index is 1.80. The highest BCUT2D eigenvalue weighted by atomic mass is 32.2. The fraction of sp³-hybridized carbons (Fsp3) is 0.235. The number of aryl methyl sites for hydroxylation is 1. The molecule has 0 aliphatic rings. The first-order valence-electron chi connectivity index (χ1n) is 7.56. The Hall–Kier alpha value is -1.92. The summed E-state index contributed by atoms with van der Waals surface area (Å²) in [6.07, 6.45) is 3.21. The second-order valence-corrected chi connectivity index (χ2v) is 8.05. The molecule has 1 aromatic heterocycles. The summed E-state index contributed by atoms with van der Waals surface area (Å²) in [6, 6.07) is 14.6. The van der Waals surface area contributed by atoms with E-state index >= 15 is 0 Å². The average molecular weight is 346 g/mol. The van der Waals surface area contributed by atoms with Crippen LogP contribution in [0.4, 0.5) is 5.13 Å². The fourth-order valence-electron chi connectivity index (χ4n) is 2.31. The van der Waals surface area contributed by atoms with Gasteiger partial charge in [-0.05, 0) is 42.7 Å². The maximum atomic E-state index is 12.5. The molecule has 0 radical (unpaired) electrons. The first kappa shape index (κ1) is 16.0. The van der Waals surface area contributed by atoms with Crippen molar-refractivity contribution in [2.75, 3.05) is 4.72 Å². The number of aromatic nitrogens is 1. The summed E-state index contributed by atoms with van der Waals surface area (Å²) < 4.78 is 28.4. The number of para-hydroxylation sites is 1. The molecule has 0 aliphatic heterocycles. The van der Waals surface area contributed by atoms with Crippen molar-refractivity contribution < 1.29 is 8.42 Å². The number of hydrogen-bond donors (Lipinski definition) is 1. The van der Waals surface area contributed by atoms with Gasteiger partial charge in [-0.2, -0.15) is 0 Å². The Kier molecular flexibility index (Phi) is 4.63. The standard InChI is InChI=1S/C17H18N2O2S2/c1-2-3-6-13-9-11-14(12-10-13)23(20,21)19-17-18-15-7-4-5-8-16(15)22-17/h4-5,7-12H,2-3,6H2,1H3,(H,18,19). The number of fused-ring (bicyclic) bond motifs is 1. The van der Waals surface area contributed by atoms with E-state index in [1.165, 1.54) is 11.3 Å². The van der Waals surface area contributed by atoms with E-state index in [1.54, 1.807) is 12.1 Å². The number of hydrogen-bond acceptors (Lipinski definition) is 4. The van der Waals surface area contributed by atoms with Crippen LogP contribution in [0.25, 0.3) is 10.2 Å². The molecule has 0 atom stereocenters. The normalized spacial score (nSPS) is 11.7. The van der Waals surface area contributed by atoms with Crippen molar-refractivity contribution in [3.05, 3.63) is 54.1 Å². The number of rotatable bonds is 6. The Labute approximate surface area is 140 Å². The molecule has 0 saturated carbocycles. The zero-order valence-electron chi connectivity index (χ0n) is 12.8. The highest BCUT2D eigenvalue weighted by Gasteiger charge is 2.16. The minimum atomic E-state index is -3.60. The molecule has 0 fully saturated rings. The van der Waals surface area contributed by atoms with Crippen LogP contribution in [0.3, 0.4) is 0 Å². The number of unbranched alkanes of at least 4 members (excludes halogenated alkanes) is 1. The molecule has 3 rings (SSSR count). The van der Waals surface area contributed by atoms with Crippen LogP contribution in [0.15, 0.2) is 53.4 Å². The summed E-state index contributed by atoms with van der Waals surface area (Å²) in [5.41, 5.74) is 1.95. The zero-order valence-corrected chi connectivity index (χ0v) is 14.5. The lowest BCUT2D eigenvalue weighted by molar-refractivity contribution is 0.601. The molecule has 23 heavy (non-hydrogen) atoms. The maximum absolute atomic E-state index is 12.5. The molecular weight excluding hydrogens is 328 g/mol. The Morgan fingerprint density at radius 3 is 2.52 bits per heavy atom. The van der Waals surface area contributed by atoms with E-state index in [-0.39, 0.29) is 4.90 Å². The van der Waals surface area contributed by atoms with Crippen molar-refractivity contribution in [2.24, 2.45) is 0 Å². The molecule has 1 N–H and O–H groups in total. The number of nitrogens with one attached hydrogen (secondary N) is 1. The van der Waals surface area contributed by atoms with Gasteiger partial charge in [0.15, 0.2) is 5.13 Å². The average Bonchev–Trinajstić information content (AvgIpc) is 2.94. The Morgan fingerprint density at radius 1 is 1.09 bits per heavy atom. The molecule has 6 heteroatoms. The quantitative estimate of drug-likeness (QED) is 0.718. The van der Waals surface area contributed by atoms with E-state index in [0.29, 0.717) is 5.13 Å². The third-order valence-electron chi connectivity index (χ3n) is 3.57. The highest BCUT2D eigenvalue weighted by Crippen LogP contribution is 2.27. The van der Waals surface area contributed by atoms with E-state index in [1.807, 2.05) is 36.4 Å². The molecule has 2 aromatic carbocycles. The van der Waals surface area contributed by atoms with Crippen LogP contribution < -0.4 is 4.72 Å². The Bertz CT molecular complexity index is 867. The zero-order chi connectivity index (χ0) is 16.3. The van der Waals surface area contributed by atoms with Crippen molar-refractivity contribution in [2.45, 2.75) is 31.1 Å². The van der Waals surface area contributed by atoms with E-state index in [0.717, 1.165) is 35.0 Å². The van der Waals surface area contributed by atoms with Crippen molar-refractivity contribution in [1.82, 2.24) is 4.98 Å². The van der Waals surface area contributed by atoms with Crippen LogP contribution in [-0.4, -0.2) is 13.4 Å². The summed E-state index contributed by atoms with van der Waals surface area (Å²) >= 11 is 1.33. The molecule has 1 heterocycles.